The molecule has 1 fully saturated rings. The van der Waals surface area contributed by atoms with E-state index in [-0.39, 0.29) is 36.0 Å². The van der Waals surface area contributed by atoms with Crippen LogP contribution in [0.1, 0.15) is 101 Å². The Hall–Kier alpha value is -4.07. The quantitative estimate of drug-likeness (QED) is 0.104. The maximum atomic E-state index is 14.6. The number of carboxylic acid groups (broad SMARTS) is 1. The number of amides is 1. The van der Waals surface area contributed by atoms with Crippen LogP contribution in [0.3, 0.4) is 0 Å². The number of para-hydroxylation sites is 3. The van der Waals surface area contributed by atoms with Crippen LogP contribution in [-0.4, -0.2) is 71.4 Å². The Morgan fingerprint density at radius 2 is 1.65 bits per heavy atom. The van der Waals surface area contributed by atoms with E-state index in [0.717, 1.165) is 30.1 Å². The normalized spacial score (nSPS) is 19.6. The standard InChI is InChI=1S/C35H45N5O7S.CH4/c1-3-4-5-6-7-8-9-10-11-16-23-47-31-21-22-40(31)33(37-28-18-13-15-20-30(28)48(40,44)45)32(39-25-26(24-36-39)35(42)43)34(41)38-27-17-12-14-19-29(27)46-2;/h12-15,17-20,24-25,31-32H,3-11,16,21-23H2,1-2H3,(H-,38,41,42,43);1H4/p+1. The summed E-state index contributed by atoms with van der Waals surface area (Å²) in [6.45, 7) is 2.72. The van der Waals surface area contributed by atoms with E-state index < -0.39 is 38.1 Å². The second-order valence-corrected chi connectivity index (χ2v) is 14.4. The van der Waals surface area contributed by atoms with Crippen molar-refractivity contribution in [1.82, 2.24) is 9.78 Å². The second-order valence-electron chi connectivity index (χ2n) is 12.3. The van der Waals surface area contributed by atoms with Crippen LogP contribution in [0.15, 0.2) is 70.8 Å². The molecule has 2 aliphatic heterocycles. The van der Waals surface area contributed by atoms with Crippen molar-refractivity contribution in [3.05, 3.63) is 66.5 Å². The van der Waals surface area contributed by atoms with Gasteiger partial charge in [-0.05, 0) is 30.7 Å². The number of benzene rings is 2. The maximum absolute atomic E-state index is 14.6. The number of amidine groups is 1. The van der Waals surface area contributed by atoms with E-state index in [9.17, 15) is 23.1 Å². The molecule has 3 heterocycles. The topological polar surface area (TPSA) is 149 Å². The van der Waals surface area contributed by atoms with E-state index in [0.29, 0.717) is 24.5 Å². The minimum atomic E-state index is -4.17. The first kappa shape index (κ1) is 37.7. The summed E-state index contributed by atoms with van der Waals surface area (Å²) in [5.41, 5.74) is 0.384. The summed E-state index contributed by atoms with van der Waals surface area (Å²) in [4.78, 5) is 31.0. The number of carbonyl (C=O) groups is 2. The Balaban J connectivity index is 0.00000541. The number of carboxylic acids is 1. The number of methoxy groups -OCH3 is 1. The number of aliphatic imine (C=N–C) groups is 1. The zero-order valence-corrected chi connectivity index (χ0v) is 28.5. The van der Waals surface area contributed by atoms with Crippen LogP contribution in [0.4, 0.5) is 11.4 Å². The van der Waals surface area contributed by atoms with Crippen molar-refractivity contribution in [3.63, 3.8) is 0 Å². The molecule has 5 rings (SSSR count). The molecular weight excluding hydrogens is 646 g/mol. The number of rotatable bonds is 18. The van der Waals surface area contributed by atoms with Crippen molar-refractivity contribution in [3.8, 4) is 5.75 Å². The fraction of sp³-hybridized carbons (Fsp3) is 0.500. The van der Waals surface area contributed by atoms with E-state index in [2.05, 4.69) is 17.3 Å². The highest BCUT2D eigenvalue weighted by molar-refractivity contribution is 7.86. The molecule has 1 spiro atoms. The number of hydrogen-bond acceptors (Lipinski definition) is 8. The third kappa shape index (κ3) is 7.89. The lowest BCUT2D eigenvalue weighted by molar-refractivity contribution is -0.827. The molecule has 12 nitrogen and oxygen atoms in total. The molecule has 13 heteroatoms. The van der Waals surface area contributed by atoms with Gasteiger partial charge in [-0.2, -0.15) is 18.5 Å². The Kier molecular flexibility index (Phi) is 13.1. The van der Waals surface area contributed by atoms with Gasteiger partial charge in [-0.1, -0.05) is 96.4 Å². The molecule has 1 amide bonds. The number of carbonyl (C=O) groups excluding carboxylic acids is 1. The molecule has 3 atom stereocenters. The molecule has 3 aromatic rings. The van der Waals surface area contributed by atoms with Gasteiger partial charge in [0.2, 0.25) is 12.3 Å². The van der Waals surface area contributed by atoms with E-state index in [1.165, 1.54) is 64.3 Å². The zero-order valence-electron chi connectivity index (χ0n) is 27.7. The highest BCUT2D eigenvalue weighted by Crippen LogP contribution is 2.47. The number of aromatic nitrogens is 2. The number of nitrogens with one attached hydrogen (secondary N) is 1. The summed E-state index contributed by atoms with van der Waals surface area (Å²) in [6.07, 6.45) is 13.6. The van der Waals surface area contributed by atoms with Crippen LogP contribution in [-0.2, 0) is 19.6 Å². The summed E-state index contributed by atoms with van der Waals surface area (Å²) in [7, 11) is -2.70. The molecule has 3 unspecified atom stereocenters. The zero-order chi connectivity index (χ0) is 34.1. The van der Waals surface area contributed by atoms with Gasteiger partial charge in [-0.25, -0.2) is 9.48 Å². The van der Waals surface area contributed by atoms with Crippen molar-refractivity contribution in [2.24, 2.45) is 4.99 Å². The van der Waals surface area contributed by atoms with E-state index >= 15 is 0 Å². The number of fused-ring (bicyclic) bond motifs is 1. The van der Waals surface area contributed by atoms with Crippen molar-refractivity contribution in [2.75, 3.05) is 25.6 Å². The Labute approximate surface area is 289 Å². The van der Waals surface area contributed by atoms with E-state index in [1.54, 1.807) is 42.5 Å². The molecule has 0 radical (unpaired) electrons. The average Bonchev–Trinajstić information content (AvgIpc) is 3.55. The lowest BCUT2D eigenvalue weighted by atomic mass is 10.1. The number of nitrogens with zero attached hydrogens (tertiary/aromatic N) is 4. The van der Waals surface area contributed by atoms with Crippen molar-refractivity contribution >= 4 is 39.1 Å². The van der Waals surface area contributed by atoms with Gasteiger partial charge in [0.25, 0.3) is 11.7 Å². The van der Waals surface area contributed by atoms with Crippen LogP contribution in [0.25, 0.3) is 0 Å². The number of unbranched alkanes of at least 4 members (excludes halogenated alkanes) is 9. The predicted octanol–water partition coefficient (Wildman–Crippen LogP) is 7.32. The number of ether oxygens (including phenoxy) is 2. The first-order chi connectivity index (χ1) is 23.2. The smallest absolute Gasteiger partial charge is 0.338 e. The summed E-state index contributed by atoms with van der Waals surface area (Å²) in [5, 5.41) is 16.7. The fourth-order valence-electron chi connectivity index (χ4n) is 6.46. The van der Waals surface area contributed by atoms with Gasteiger partial charge in [-0.15, -0.1) is 3.89 Å². The van der Waals surface area contributed by atoms with Crippen molar-refractivity contribution in [2.45, 2.75) is 102 Å². The molecule has 0 aliphatic carbocycles. The number of sulfonamides is 1. The van der Waals surface area contributed by atoms with Gasteiger partial charge in [0.1, 0.15) is 17.2 Å². The summed E-state index contributed by atoms with van der Waals surface area (Å²) in [5.74, 6) is -1.52. The molecule has 0 bridgehead atoms. The lowest BCUT2D eigenvalue weighted by Crippen LogP contribution is -2.74. The van der Waals surface area contributed by atoms with Crippen LogP contribution < -0.4 is 10.1 Å². The van der Waals surface area contributed by atoms with Gasteiger partial charge in [-0.3, -0.25) is 4.79 Å². The van der Waals surface area contributed by atoms with Gasteiger partial charge >= 0.3 is 16.0 Å². The first-order valence-corrected chi connectivity index (χ1v) is 18.3. The van der Waals surface area contributed by atoms with Gasteiger partial charge in [0.05, 0.1) is 43.3 Å². The van der Waals surface area contributed by atoms with Gasteiger partial charge in [0, 0.05) is 6.20 Å². The third-order valence-corrected chi connectivity index (χ3v) is 11.5. The Morgan fingerprint density at radius 1 is 1.00 bits per heavy atom. The van der Waals surface area contributed by atoms with Crippen molar-refractivity contribution in [1.29, 1.82) is 0 Å². The number of hydrogen-bond donors (Lipinski definition) is 2. The van der Waals surface area contributed by atoms with Crippen LogP contribution in [0.2, 0.25) is 0 Å². The van der Waals surface area contributed by atoms with E-state index in [1.807, 2.05) is 0 Å². The highest BCUT2D eigenvalue weighted by Gasteiger charge is 2.66. The highest BCUT2D eigenvalue weighted by atomic mass is 32.2. The van der Waals surface area contributed by atoms with Crippen LogP contribution in [0.5, 0.6) is 5.75 Å². The molecule has 49 heavy (non-hydrogen) atoms. The second kappa shape index (κ2) is 17.0. The summed E-state index contributed by atoms with van der Waals surface area (Å²) in [6, 6.07) is 11.8. The number of aromatic carboxylic acids is 1. The molecule has 2 aliphatic rings. The van der Waals surface area contributed by atoms with E-state index in [4.69, 9.17) is 14.5 Å². The maximum Gasteiger partial charge on any atom is 0.338 e. The summed E-state index contributed by atoms with van der Waals surface area (Å²) >= 11 is 0. The number of quaternary nitrogens is 1. The third-order valence-electron chi connectivity index (χ3n) is 9.15. The molecule has 1 saturated heterocycles. The molecular formula is C36H50N5O7S+. The molecule has 1 aromatic heterocycles. The lowest BCUT2D eigenvalue weighted by Gasteiger charge is -2.51. The minimum absolute atomic E-state index is 0. The monoisotopic (exact) mass is 696 g/mol. The van der Waals surface area contributed by atoms with Crippen LogP contribution >= 0.6 is 0 Å². The fourth-order valence-corrected chi connectivity index (χ4v) is 8.64. The van der Waals surface area contributed by atoms with Crippen LogP contribution in [0, 0.1) is 0 Å². The molecule has 266 valence electrons. The predicted molar refractivity (Wildman–Crippen MR) is 189 cm³/mol. The number of anilines is 1. The van der Waals surface area contributed by atoms with Crippen molar-refractivity contribution < 1.29 is 36.5 Å². The Morgan fingerprint density at radius 3 is 2.29 bits per heavy atom. The largest absolute Gasteiger partial charge is 0.495 e. The molecule has 2 N–H and O–H groups in total. The average molecular weight is 697 g/mol. The molecule has 0 saturated carbocycles. The summed E-state index contributed by atoms with van der Waals surface area (Å²) < 4.78 is 41.4. The minimum Gasteiger partial charge on any atom is -0.495 e. The SMILES string of the molecule is C.CCCCCCCCCCCCOC1CC[N+]12C(C(C(=O)Nc1ccccc1OC)n1cc(C(=O)O)cn1)=Nc1ccccc1S2(=O)=O. The first-order valence-electron chi connectivity index (χ1n) is 16.9. The molecule has 2 aromatic carbocycles. The van der Waals surface area contributed by atoms with Gasteiger partial charge in [0.15, 0.2) is 0 Å². The Bertz CT molecular complexity index is 1720. The van der Waals surface area contributed by atoms with Gasteiger partial charge < -0.3 is 19.9 Å².